The summed E-state index contributed by atoms with van der Waals surface area (Å²) in [6, 6.07) is 26.5. The predicted molar refractivity (Wildman–Crippen MR) is 176 cm³/mol. The number of hydrogen-bond donors (Lipinski definition) is 0. The molecule has 9 heteroatoms. The normalized spacial score (nSPS) is 10.9. The van der Waals surface area contributed by atoms with Crippen molar-refractivity contribution in [2.24, 2.45) is 0 Å². The zero-order chi connectivity index (χ0) is 34.3. The highest BCUT2D eigenvalue weighted by Gasteiger charge is 2.43. The number of aryl methyl sites for hydroxylation is 3. The first-order valence-corrected chi connectivity index (χ1v) is 15.2. The molecule has 9 nitrogen and oxygen atoms in total. The van der Waals surface area contributed by atoms with E-state index in [2.05, 4.69) is 0 Å². The van der Waals surface area contributed by atoms with E-state index in [1.54, 1.807) is 57.2 Å². The Morgan fingerprint density at radius 1 is 0.660 bits per heavy atom. The Hall–Kier alpha value is -5.57. The number of imide groups is 1. The summed E-state index contributed by atoms with van der Waals surface area (Å²) < 4.78 is 10.8. The SMILES string of the molecule is CCc1ccc(C(=O)N(C(=O)C(=O)Oc2cccc(C(=O)OCc3ccccc3)c2)N(C(=O)c2cc(C)cc(C)c2)C(C)(C)C)cc1. The zero-order valence-corrected chi connectivity index (χ0v) is 27.4. The fraction of sp³-hybridized carbons (Fsp3) is 0.237. The number of nitrogens with zero attached hydrogens (tertiary/aromatic N) is 2. The van der Waals surface area contributed by atoms with Gasteiger partial charge in [-0.3, -0.25) is 14.4 Å². The van der Waals surface area contributed by atoms with Crippen LogP contribution in [0.3, 0.4) is 0 Å². The summed E-state index contributed by atoms with van der Waals surface area (Å²) in [5, 5.41) is 1.53. The molecule has 0 heterocycles. The van der Waals surface area contributed by atoms with Crippen LogP contribution in [-0.4, -0.2) is 45.2 Å². The molecule has 0 saturated carbocycles. The molecule has 0 fully saturated rings. The molecule has 0 radical (unpaired) electrons. The summed E-state index contributed by atoms with van der Waals surface area (Å²) in [6.07, 6.45) is 0.724. The maximum atomic E-state index is 14.1. The highest BCUT2D eigenvalue weighted by atomic mass is 16.5. The Morgan fingerprint density at radius 2 is 1.30 bits per heavy atom. The van der Waals surface area contributed by atoms with Crippen molar-refractivity contribution in [1.82, 2.24) is 10.0 Å². The van der Waals surface area contributed by atoms with Crippen LogP contribution < -0.4 is 4.74 Å². The van der Waals surface area contributed by atoms with Gasteiger partial charge < -0.3 is 9.47 Å². The van der Waals surface area contributed by atoms with E-state index < -0.39 is 35.2 Å². The standard InChI is InChI=1S/C38H38N2O7/c1-7-27-16-18-29(19-17-27)33(41)39(40(38(4,5)6)34(42)31-21-25(2)20-26(3)22-31)35(43)37(45)47-32-15-11-14-30(23-32)36(44)46-24-28-12-9-8-10-13-28/h8-23H,7,24H2,1-6H3. The van der Waals surface area contributed by atoms with Crippen molar-refractivity contribution in [3.8, 4) is 5.75 Å². The minimum absolute atomic E-state index is 0.0373. The molecule has 4 rings (SSSR count). The van der Waals surface area contributed by atoms with Gasteiger partial charge in [0.05, 0.1) is 11.1 Å². The summed E-state index contributed by atoms with van der Waals surface area (Å²) in [7, 11) is 0. The van der Waals surface area contributed by atoms with Gasteiger partial charge in [0.15, 0.2) is 0 Å². The van der Waals surface area contributed by atoms with Crippen molar-refractivity contribution < 1.29 is 33.4 Å². The number of ether oxygens (including phenoxy) is 2. The summed E-state index contributed by atoms with van der Waals surface area (Å²) in [4.78, 5) is 68.3. The van der Waals surface area contributed by atoms with Crippen molar-refractivity contribution in [3.05, 3.63) is 136 Å². The quantitative estimate of drug-likeness (QED) is 0.0969. The van der Waals surface area contributed by atoms with Crippen LogP contribution in [0.15, 0.2) is 97.1 Å². The Kier molecular flexibility index (Phi) is 10.7. The van der Waals surface area contributed by atoms with Crippen LogP contribution in [0.5, 0.6) is 5.75 Å². The second-order valence-corrected chi connectivity index (χ2v) is 12.1. The van der Waals surface area contributed by atoms with E-state index >= 15 is 0 Å². The first kappa shape index (κ1) is 34.3. The van der Waals surface area contributed by atoms with Gasteiger partial charge >= 0.3 is 17.8 Å². The zero-order valence-electron chi connectivity index (χ0n) is 27.4. The van der Waals surface area contributed by atoms with Crippen LogP contribution in [-0.2, 0) is 27.4 Å². The number of carbonyl (C=O) groups is 5. The van der Waals surface area contributed by atoms with E-state index in [1.807, 2.05) is 57.2 Å². The molecule has 242 valence electrons. The van der Waals surface area contributed by atoms with E-state index in [4.69, 9.17) is 9.47 Å². The van der Waals surface area contributed by atoms with Crippen LogP contribution in [0.25, 0.3) is 0 Å². The van der Waals surface area contributed by atoms with Crippen LogP contribution >= 0.6 is 0 Å². The van der Waals surface area contributed by atoms with Gasteiger partial charge in [-0.2, -0.15) is 5.01 Å². The maximum Gasteiger partial charge on any atom is 0.404 e. The van der Waals surface area contributed by atoms with Crippen molar-refractivity contribution in [3.63, 3.8) is 0 Å². The fourth-order valence-corrected chi connectivity index (χ4v) is 4.93. The number of amides is 3. The minimum Gasteiger partial charge on any atom is -0.457 e. The maximum absolute atomic E-state index is 14.1. The third-order valence-corrected chi connectivity index (χ3v) is 7.16. The number of rotatable bonds is 7. The molecule has 0 aliphatic carbocycles. The molecule has 0 saturated heterocycles. The van der Waals surface area contributed by atoms with E-state index in [9.17, 15) is 24.0 Å². The Labute approximate surface area is 274 Å². The molecule has 47 heavy (non-hydrogen) atoms. The molecule has 0 N–H and O–H groups in total. The molecule has 0 atom stereocenters. The van der Waals surface area contributed by atoms with E-state index in [1.165, 1.54) is 24.3 Å². The van der Waals surface area contributed by atoms with Crippen LogP contribution in [0.1, 0.15) is 81.0 Å². The molecule has 0 aliphatic heterocycles. The lowest BCUT2D eigenvalue weighted by Gasteiger charge is -2.41. The molecular formula is C38H38N2O7. The highest BCUT2D eigenvalue weighted by molar-refractivity contribution is 6.37. The van der Waals surface area contributed by atoms with Crippen molar-refractivity contribution in [2.75, 3.05) is 0 Å². The lowest BCUT2D eigenvalue weighted by Crippen LogP contribution is -2.62. The largest absolute Gasteiger partial charge is 0.457 e. The lowest BCUT2D eigenvalue weighted by atomic mass is 10.0. The van der Waals surface area contributed by atoms with Gasteiger partial charge in [0.2, 0.25) is 0 Å². The number of hydrogen-bond acceptors (Lipinski definition) is 7. The number of carbonyl (C=O) groups excluding carboxylic acids is 5. The van der Waals surface area contributed by atoms with E-state index in [0.717, 1.165) is 33.7 Å². The lowest BCUT2D eigenvalue weighted by molar-refractivity contribution is -0.161. The third-order valence-electron chi connectivity index (χ3n) is 7.16. The summed E-state index contributed by atoms with van der Waals surface area (Å²) in [5.41, 5.74) is 2.64. The molecule has 4 aromatic rings. The molecule has 0 aromatic heterocycles. The highest BCUT2D eigenvalue weighted by Crippen LogP contribution is 2.25. The van der Waals surface area contributed by atoms with Gasteiger partial charge in [-0.1, -0.05) is 72.6 Å². The molecule has 4 aromatic carbocycles. The first-order chi connectivity index (χ1) is 22.3. The van der Waals surface area contributed by atoms with Crippen molar-refractivity contribution in [1.29, 1.82) is 0 Å². The number of benzene rings is 4. The van der Waals surface area contributed by atoms with Gasteiger partial charge in [0, 0.05) is 11.1 Å². The van der Waals surface area contributed by atoms with Crippen LogP contribution in [0.2, 0.25) is 0 Å². The topological polar surface area (TPSA) is 110 Å². The first-order valence-electron chi connectivity index (χ1n) is 15.2. The molecule has 0 bridgehead atoms. The second-order valence-electron chi connectivity index (χ2n) is 12.1. The molecule has 0 aliphatic rings. The predicted octanol–water partition coefficient (Wildman–Crippen LogP) is 6.65. The van der Waals surface area contributed by atoms with Gasteiger partial charge in [0.25, 0.3) is 11.8 Å². The minimum atomic E-state index is -1.43. The number of hydrazine groups is 1. The molecular weight excluding hydrogens is 596 g/mol. The van der Waals surface area contributed by atoms with Gasteiger partial charge in [-0.25, -0.2) is 14.6 Å². The fourth-order valence-electron chi connectivity index (χ4n) is 4.93. The van der Waals surface area contributed by atoms with Crippen molar-refractivity contribution >= 4 is 29.7 Å². The van der Waals surface area contributed by atoms with Crippen LogP contribution in [0.4, 0.5) is 0 Å². The van der Waals surface area contributed by atoms with Gasteiger partial charge in [-0.05, 0) is 94.6 Å². The average molecular weight is 635 g/mol. The summed E-state index contributed by atoms with van der Waals surface area (Å²) >= 11 is 0. The average Bonchev–Trinajstić information content (AvgIpc) is 3.04. The Bertz CT molecular complexity index is 1770. The molecule has 3 amide bonds. The molecule has 0 unspecified atom stereocenters. The van der Waals surface area contributed by atoms with Crippen LogP contribution in [0, 0.1) is 13.8 Å². The monoisotopic (exact) mass is 634 g/mol. The second kappa shape index (κ2) is 14.7. The Morgan fingerprint density at radius 3 is 1.89 bits per heavy atom. The Balaban J connectivity index is 1.67. The van der Waals surface area contributed by atoms with Crippen molar-refractivity contribution in [2.45, 2.75) is 60.1 Å². The van der Waals surface area contributed by atoms with Gasteiger partial charge in [-0.15, -0.1) is 0 Å². The van der Waals surface area contributed by atoms with E-state index in [-0.39, 0.29) is 29.0 Å². The summed E-state index contributed by atoms with van der Waals surface area (Å²) in [5.74, 6) is -5.16. The smallest absolute Gasteiger partial charge is 0.404 e. The third kappa shape index (κ3) is 8.58. The summed E-state index contributed by atoms with van der Waals surface area (Å²) in [6.45, 7) is 10.6. The van der Waals surface area contributed by atoms with Gasteiger partial charge in [0.1, 0.15) is 12.4 Å². The number of esters is 2. The van der Waals surface area contributed by atoms with E-state index in [0.29, 0.717) is 5.01 Å². The molecule has 0 spiro atoms.